The summed E-state index contributed by atoms with van der Waals surface area (Å²) in [5.74, 6) is -0.534. The minimum atomic E-state index is -2.11. The lowest BCUT2D eigenvalue weighted by molar-refractivity contribution is -0.307. The molecule has 2 aromatic carbocycles. The summed E-state index contributed by atoms with van der Waals surface area (Å²) >= 11 is 0. The summed E-state index contributed by atoms with van der Waals surface area (Å²) in [7, 11) is -2.11. The molecule has 1 fully saturated rings. The molecule has 36 heavy (non-hydrogen) atoms. The van der Waals surface area contributed by atoms with Crippen molar-refractivity contribution >= 4 is 14.3 Å². The average molecular weight is 517 g/mol. The Kier molecular flexibility index (Phi) is 9.85. The number of ether oxygens (including phenoxy) is 4. The second-order valence-corrected chi connectivity index (χ2v) is 15.5. The molecule has 8 heteroatoms. The number of rotatable bonds is 10. The Balaban J connectivity index is 1.87. The highest BCUT2D eigenvalue weighted by Gasteiger charge is 2.50. The minimum absolute atomic E-state index is 0.00413. The molecule has 0 amide bonds. The van der Waals surface area contributed by atoms with Gasteiger partial charge in [0.2, 0.25) is 0 Å². The fraction of sp³-hybridized carbons (Fsp3) is 0.536. The minimum Gasteiger partial charge on any atom is -0.454 e. The predicted molar refractivity (Wildman–Crippen MR) is 140 cm³/mol. The Morgan fingerprint density at radius 1 is 0.889 bits per heavy atom. The van der Waals surface area contributed by atoms with Crippen LogP contribution in [0.4, 0.5) is 0 Å². The van der Waals surface area contributed by atoms with E-state index in [0.29, 0.717) is 6.61 Å². The topological polar surface area (TPSA) is 83.5 Å². The zero-order valence-electron chi connectivity index (χ0n) is 22.2. The van der Waals surface area contributed by atoms with Crippen LogP contribution in [0.15, 0.2) is 60.7 Å². The van der Waals surface area contributed by atoms with E-state index in [4.69, 9.17) is 23.4 Å². The van der Waals surface area contributed by atoms with Gasteiger partial charge in [-0.1, -0.05) is 81.4 Å². The average Bonchev–Trinajstić information content (AvgIpc) is 2.82. The Bertz CT molecular complexity index is 945. The molecule has 3 rings (SSSR count). The van der Waals surface area contributed by atoms with Gasteiger partial charge in [-0.15, -0.1) is 0 Å². The molecule has 7 nitrogen and oxygen atoms in total. The van der Waals surface area contributed by atoms with E-state index < -0.39 is 45.0 Å². The molecule has 1 N–H and O–H groups in total. The van der Waals surface area contributed by atoms with Gasteiger partial charge in [-0.3, -0.25) is 4.79 Å². The third-order valence-corrected chi connectivity index (χ3v) is 11.4. The van der Waals surface area contributed by atoms with E-state index in [1.165, 1.54) is 6.92 Å². The maximum atomic E-state index is 11.9. The zero-order valence-corrected chi connectivity index (χ0v) is 23.2. The first-order valence-electron chi connectivity index (χ1n) is 12.4. The molecule has 0 aromatic heterocycles. The lowest BCUT2D eigenvalue weighted by Gasteiger charge is -2.45. The van der Waals surface area contributed by atoms with E-state index in [-0.39, 0.29) is 18.3 Å². The molecule has 0 radical (unpaired) electrons. The summed E-state index contributed by atoms with van der Waals surface area (Å²) in [4.78, 5) is 11.9. The van der Waals surface area contributed by atoms with Crippen LogP contribution < -0.4 is 0 Å². The van der Waals surface area contributed by atoms with Crippen molar-refractivity contribution < 1.29 is 33.3 Å². The van der Waals surface area contributed by atoms with Crippen molar-refractivity contribution in [3.8, 4) is 0 Å². The molecule has 2 aromatic rings. The summed E-state index contributed by atoms with van der Waals surface area (Å²) < 4.78 is 30.6. The highest BCUT2D eigenvalue weighted by Crippen LogP contribution is 2.37. The summed E-state index contributed by atoms with van der Waals surface area (Å²) in [5, 5.41) is 10.9. The smallest absolute Gasteiger partial charge is 0.303 e. The Morgan fingerprint density at radius 2 is 1.39 bits per heavy atom. The highest BCUT2D eigenvalue weighted by atomic mass is 28.4. The number of aliphatic hydroxyl groups is 1. The van der Waals surface area contributed by atoms with Crippen LogP contribution in [0.3, 0.4) is 0 Å². The fourth-order valence-corrected chi connectivity index (χ4v) is 4.79. The normalized spacial score (nSPS) is 24.9. The SMILES string of the molecule is CC(=O)O[C@H]1C(O)O[C@H](CO[Si](C)(C)C(C)(C)C)[C@@H](OCc2ccccc2)[C@@H]1OCc1ccccc1. The Labute approximate surface area is 215 Å². The van der Waals surface area contributed by atoms with Crippen LogP contribution in [0, 0.1) is 0 Å². The van der Waals surface area contributed by atoms with Crippen LogP contribution in [0.5, 0.6) is 0 Å². The number of esters is 1. The molecule has 1 heterocycles. The molecular formula is C28H40O7Si. The van der Waals surface area contributed by atoms with Crippen LogP contribution in [0.2, 0.25) is 18.1 Å². The van der Waals surface area contributed by atoms with Crippen molar-refractivity contribution in [2.75, 3.05) is 6.61 Å². The van der Waals surface area contributed by atoms with Crippen molar-refractivity contribution in [1.29, 1.82) is 0 Å². The molecule has 0 saturated carbocycles. The number of hydrogen-bond donors (Lipinski definition) is 1. The van der Waals surface area contributed by atoms with Crippen LogP contribution in [-0.2, 0) is 41.4 Å². The molecule has 1 aliphatic heterocycles. The maximum absolute atomic E-state index is 11.9. The third-order valence-electron chi connectivity index (χ3n) is 6.90. The third kappa shape index (κ3) is 7.71. The van der Waals surface area contributed by atoms with E-state index in [2.05, 4.69) is 33.9 Å². The van der Waals surface area contributed by atoms with Crippen LogP contribution in [0.25, 0.3) is 0 Å². The second kappa shape index (κ2) is 12.4. The predicted octanol–water partition coefficient (Wildman–Crippen LogP) is 4.83. The van der Waals surface area contributed by atoms with Crippen molar-refractivity contribution in [3.63, 3.8) is 0 Å². The lowest BCUT2D eigenvalue weighted by atomic mass is 9.98. The standard InChI is InChI=1S/C28H40O7Si/c1-20(29)34-26-25(32-18-22-15-11-8-12-16-22)24(31-17-21-13-9-7-10-14-21)23(35-27(26)30)19-33-36(5,6)28(2,3)4/h7-16,23-27,30H,17-19H2,1-6H3/t23-,24-,25+,26-,27?/m1/s1. The molecule has 198 valence electrons. The van der Waals surface area contributed by atoms with Gasteiger partial charge in [0.15, 0.2) is 20.7 Å². The van der Waals surface area contributed by atoms with E-state index in [1.807, 2.05) is 60.7 Å². The van der Waals surface area contributed by atoms with Crippen LogP contribution >= 0.6 is 0 Å². The van der Waals surface area contributed by atoms with E-state index in [0.717, 1.165) is 11.1 Å². The molecule has 0 bridgehead atoms. The molecule has 0 spiro atoms. The molecular weight excluding hydrogens is 476 g/mol. The van der Waals surface area contributed by atoms with E-state index in [9.17, 15) is 9.90 Å². The van der Waals surface area contributed by atoms with Gasteiger partial charge in [0.25, 0.3) is 0 Å². The number of carbonyl (C=O) groups is 1. The number of carbonyl (C=O) groups excluding carboxylic acids is 1. The van der Waals surface area contributed by atoms with Crippen molar-refractivity contribution in [1.82, 2.24) is 0 Å². The van der Waals surface area contributed by atoms with Gasteiger partial charge in [-0.25, -0.2) is 0 Å². The van der Waals surface area contributed by atoms with Gasteiger partial charge in [-0.2, -0.15) is 0 Å². The summed E-state index contributed by atoms with van der Waals surface area (Å²) in [6, 6.07) is 19.5. The van der Waals surface area contributed by atoms with Gasteiger partial charge < -0.3 is 28.5 Å². The van der Waals surface area contributed by atoms with Gasteiger partial charge in [0.05, 0.1) is 19.8 Å². The zero-order chi connectivity index (χ0) is 26.3. The van der Waals surface area contributed by atoms with Gasteiger partial charge in [-0.05, 0) is 29.3 Å². The van der Waals surface area contributed by atoms with E-state index >= 15 is 0 Å². The highest BCUT2D eigenvalue weighted by molar-refractivity contribution is 6.74. The molecule has 1 unspecified atom stereocenters. The monoisotopic (exact) mass is 516 g/mol. The van der Waals surface area contributed by atoms with Crippen LogP contribution in [-0.4, -0.2) is 56.7 Å². The number of hydrogen-bond acceptors (Lipinski definition) is 7. The fourth-order valence-electron chi connectivity index (χ4n) is 3.78. The molecule has 0 aliphatic carbocycles. The summed E-state index contributed by atoms with van der Waals surface area (Å²) in [6.45, 7) is 12.9. The first-order chi connectivity index (χ1) is 17.0. The molecule has 5 atom stereocenters. The Morgan fingerprint density at radius 3 is 1.86 bits per heavy atom. The number of aliphatic hydroxyl groups excluding tert-OH is 1. The van der Waals surface area contributed by atoms with Crippen LogP contribution in [0.1, 0.15) is 38.8 Å². The van der Waals surface area contributed by atoms with Crippen molar-refractivity contribution in [3.05, 3.63) is 71.8 Å². The Hall–Kier alpha value is -2.07. The summed E-state index contributed by atoms with van der Waals surface area (Å²) in [6.07, 6.45) is -4.46. The molecule has 1 aliphatic rings. The second-order valence-electron chi connectivity index (χ2n) is 10.7. The largest absolute Gasteiger partial charge is 0.454 e. The van der Waals surface area contributed by atoms with Crippen molar-refractivity contribution in [2.24, 2.45) is 0 Å². The van der Waals surface area contributed by atoms with Gasteiger partial charge in [0.1, 0.15) is 18.3 Å². The number of benzene rings is 2. The van der Waals surface area contributed by atoms with Gasteiger partial charge >= 0.3 is 5.97 Å². The maximum Gasteiger partial charge on any atom is 0.303 e. The first-order valence-corrected chi connectivity index (χ1v) is 15.3. The van der Waals surface area contributed by atoms with E-state index in [1.54, 1.807) is 0 Å². The van der Waals surface area contributed by atoms with Crippen molar-refractivity contribution in [2.45, 2.75) is 89.7 Å². The molecule has 1 saturated heterocycles. The van der Waals surface area contributed by atoms with Gasteiger partial charge in [0, 0.05) is 6.92 Å². The lowest BCUT2D eigenvalue weighted by Crippen LogP contribution is -2.62. The summed E-state index contributed by atoms with van der Waals surface area (Å²) in [5.41, 5.74) is 1.94. The first kappa shape index (κ1) is 28.5. The quantitative estimate of drug-likeness (QED) is 0.358.